The highest BCUT2D eigenvalue weighted by molar-refractivity contribution is 7.89. The van der Waals surface area contributed by atoms with Crippen molar-refractivity contribution >= 4 is 10.0 Å². The fourth-order valence-electron chi connectivity index (χ4n) is 2.92. The maximum atomic E-state index is 12.3. The molecule has 0 bridgehead atoms. The Balaban J connectivity index is 1.94. The van der Waals surface area contributed by atoms with Crippen molar-refractivity contribution < 1.29 is 12.9 Å². The van der Waals surface area contributed by atoms with E-state index in [2.05, 4.69) is 25.7 Å². The van der Waals surface area contributed by atoms with Gasteiger partial charge in [0.25, 0.3) is 0 Å². The van der Waals surface area contributed by atoms with Crippen LogP contribution in [0.2, 0.25) is 0 Å². The lowest BCUT2D eigenvalue weighted by Crippen LogP contribution is -2.67. The van der Waals surface area contributed by atoms with Crippen molar-refractivity contribution in [2.45, 2.75) is 43.5 Å². The summed E-state index contributed by atoms with van der Waals surface area (Å²) in [5.41, 5.74) is 1.21. The highest BCUT2D eigenvalue weighted by Crippen LogP contribution is 2.18. The third kappa shape index (κ3) is 4.53. The first-order valence-corrected chi connectivity index (χ1v) is 9.24. The van der Waals surface area contributed by atoms with Crippen LogP contribution in [0.5, 0.6) is 0 Å². The number of hydrogen-bond acceptors (Lipinski definition) is 2. The summed E-state index contributed by atoms with van der Waals surface area (Å²) in [7, 11) is 0.842. The molecule has 1 aromatic rings. The van der Waals surface area contributed by atoms with Crippen LogP contribution in [0.3, 0.4) is 0 Å². The van der Waals surface area contributed by atoms with Gasteiger partial charge >= 0.3 is 0 Å². The largest absolute Gasteiger partial charge is 0.325 e. The third-order valence-electron chi connectivity index (χ3n) is 4.05. The molecule has 0 unspecified atom stereocenters. The molecule has 0 spiro atoms. The number of sulfonamides is 1. The fourth-order valence-corrected chi connectivity index (χ4v) is 4.13. The molecule has 1 aliphatic heterocycles. The first kappa shape index (κ1) is 16.5. The zero-order valence-corrected chi connectivity index (χ0v) is 14.1. The van der Waals surface area contributed by atoms with Crippen LogP contribution in [0.1, 0.15) is 31.7 Å². The van der Waals surface area contributed by atoms with Gasteiger partial charge in [-0.15, -0.1) is 0 Å². The average Bonchev–Trinajstić information content (AvgIpc) is 2.37. The lowest BCUT2D eigenvalue weighted by atomic mass is 10.1. The highest BCUT2D eigenvalue weighted by Gasteiger charge is 2.39. The number of likely N-dealkylation sites (N-methyl/N-ethyl adjacent to an activating group) is 1. The van der Waals surface area contributed by atoms with Gasteiger partial charge in [0.2, 0.25) is 10.0 Å². The second kappa shape index (κ2) is 6.46. The minimum Gasteiger partial charge on any atom is -0.325 e. The van der Waals surface area contributed by atoms with Crippen molar-refractivity contribution in [2.24, 2.45) is 0 Å². The van der Waals surface area contributed by atoms with Crippen molar-refractivity contribution in [2.75, 3.05) is 27.2 Å². The van der Waals surface area contributed by atoms with Crippen molar-refractivity contribution in [1.82, 2.24) is 4.72 Å². The quantitative estimate of drug-likeness (QED) is 0.619. The summed E-state index contributed by atoms with van der Waals surface area (Å²) in [6.07, 6.45) is 4.61. The molecule has 0 saturated carbocycles. The van der Waals surface area contributed by atoms with E-state index in [1.165, 1.54) is 18.4 Å². The van der Waals surface area contributed by atoms with E-state index in [0.29, 0.717) is 4.90 Å². The molecular weight excluding hydrogens is 284 g/mol. The van der Waals surface area contributed by atoms with Crippen LogP contribution >= 0.6 is 0 Å². The van der Waals surface area contributed by atoms with Crippen LogP contribution in [0, 0.1) is 0 Å². The number of quaternary nitrogens is 1. The molecule has 1 aliphatic rings. The molecule has 2 rings (SSSR count). The predicted molar refractivity (Wildman–Crippen MR) is 85.6 cm³/mol. The predicted octanol–water partition coefficient (Wildman–Crippen LogP) is 2.16. The molecule has 0 aromatic heterocycles. The molecule has 0 aliphatic carbocycles. The van der Waals surface area contributed by atoms with Crippen molar-refractivity contribution in [3.8, 4) is 0 Å². The zero-order valence-electron chi connectivity index (χ0n) is 13.3. The van der Waals surface area contributed by atoms with Gasteiger partial charge in [0, 0.05) is 0 Å². The van der Waals surface area contributed by atoms with Gasteiger partial charge in [-0.3, -0.25) is 0 Å². The molecular formula is C16H27N2O2S+. The van der Waals surface area contributed by atoms with E-state index in [0.717, 1.165) is 30.4 Å². The van der Waals surface area contributed by atoms with Gasteiger partial charge in [-0.2, -0.15) is 4.72 Å². The molecule has 1 aromatic carbocycles. The summed E-state index contributed by atoms with van der Waals surface area (Å²) in [4.78, 5) is 0.374. The number of aryl methyl sites for hydroxylation is 1. The van der Waals surface area contributed by atoms with Gasteiger partial charge in [0.05, 0.1) is 19.0 Å². The lowest BCUT2D eigenvalue weighted by molar-refractivity contribution is -0.930. The maximum Gasteiger partial charge on any atom is 0.241 e. The van der Waals surface area contributed by atoms with Crippen molar-refractivity contribution in [1.29, 1.82) is 0 Å². The van der Waals surface area contributed by atoms with Gasteiger partial charge in [-0.05, 0) is 30.5 Å². The molecule has 0 amide bonds. The highest BCUT2D eigenvalue weighted by atomic mass is 32.2. The molecule has 0 radical (unpaired) electrons. The van der Waals surface area contributed by atoms with E-state index in [1.54, 1.807) is 12.1 Å². The van der Waals surface area contributed by atoms with E-state index in [-0.39, 0.29) is 6.04 Å². The van der Waals surface area contributed by atoms with Crippen LogP contribution < -0.4 is 4.72 Å². The average molecular weight is 311 g/mol. The molecule has 1 fully saturated rings. The Kier molecular flexibility index (Phi) is 5.07. The van der Waals surface area contributed by atoms with E-state index < -0.39 is 10.0 Å². The summed E-state index contributed by atoms with van der Waals surface area (Å²) in [5, 5.41) is 0. The maximum absolute atomic E-state index is 12.3. The number of nitrogens with one attached hydrogen (secondary N) is 1. The number of rotatable bonds is 7. The Labute approximate surface area is 128 Å². The molecule has 0 atom stereocenters. The minimum absolute atomic E-state index is 0.0641. The summed E-state index contributed by atoms with van der Waals surface area (Å²) >= 11 is 0. The summed E-state index contributed by atoms with van der Waals surface area (Å²) in [5.74, 6) is 0. The van der Waals surface area contributed by atoms with Gasteiger partial charge in [0.1, 0.15) is 19.1 Å². The Morgan fingerprint density at radius 2 is 1.76 bits per heavy atom. The lowest BCUT2D eigenvalue weighted by Gasteiger charge is -2.44. The van der Waals surface area contributed by atoms with Crippen LogP contribution in [0.15, 0.2) is 29.2 Å². The Bertz CT molecular complexity index is 556. The van der Waals surface area contributed by atoms with Crippen LogP contribution in [-0.2, 0) is 16.4 Å². The molecule has 4 nitrogen and oxygen atoms in total. The normalized spacial score (nSPS) is 18.4. The molecule has 1 N–H and O–H groups in total. The summed E-state index contributed by atoms with van der Waals surface area (Å²) in [6, 6.07) is 7.38. The standard InChI is InChI=1S/C16H27N2O2S/c1-4-5-6-7-14-8-10-16(11-9-14)21(19,20)17-15-12-18(2,3)13-15/h8-11,15,17H,4-7,12-13H2,1-3H3/q+1. The van der Waals surface area contributed by atoms with Gasteiger partial charge in [-0.25, -0.2) is 8.42 Å². The number of hydrogen-bond donors (Lipinski definition) is 1. The van der Waals surface area contributed by atoms with Gasteiger partial charge in [0.15, 0.2) is 0 Å². The van der Waals surface area contributed by atoms with Crippen LogP contribution in [0.4, 0.5) is 0 Å². The van der Waals surface area contributed by atoms with Crippen molar-refractivity contribution in [3.05, 3.63) is 29.8 Å². The van der Waals surface area contributed by atoms with E-state index in [1.807, 2.05) is 12.1 Å². The van der Waals surface area contributed by atoms with Gasteiger partial charge in [-0.1, -0.05) is 31.9 Å². The number of benzene rings is 1. The smallest absolute Gasteiger partial charge is 0.241 e. The second-order valence-electron chi connectivity index (χ2n) is 6.72. The van der Waals surface area contributed by atoms with Crippen LogP contribution in [0.25, 0.3) is 0 Å². The molecule has 21 heavy (non-hydrogen) atoms. The Hall–Kier alpha value is -0.910. The fraction of sp³-hybridized carbons (Fsp3) is 0.625. The Morgan fingerprint density at radius 3 is 2.29 bits per heavy atom. The van der Waals surface area contributed by atoms with E-state index in [4.69, 9.17) is 0 Å². The number of unbranched alkanes of at least 4 members (excludes halogenated alkanes) is 2. The van der Waals surface area contributed by atoms with E-state index >= 15 is 0 Å². The number of likely N-dealkylation sites (tertiary alicyclic amines) is 1. The number of nitrogens with zero attached hydrogens (tertiary/aromatic N) is 1. The van der Waals surface area contributed by atoms with Gasteiger partial charge < -0.3 is 4.48 Å². The first-order chi connectivity index (χ1) is 9.82. The molecule has 5 heteroatoms. The first-order valence-electron chi connectivity index (χ1n) is 7.76. The molecule has 1 saturated heterocycles. The Morgan fingerprint density at radius 1 is 1.14 bits per heavy atom. The SMILES string of the molecule is CCCCCc1ccc(S(=O)(=O)NC2C[N+](C)(C)C2)cc1. The van der Waals surface area contributed by atoms with E-state index in [9.17, 15) is 8.42 Å². The molecule has 118 valence electrons. The minimum atomic E-state index is -3.37. The molecule has 1 heterocycles. The summed E-state index contributed by atoms with van der Waals surface area (Å²) in [6.45, 7) is 3.89. The van der Waals surface area contributed by atoms with Crippen LogP contribution in [-0.4, -0.2) is 46.1 Å². The third-order valence-corrected chi connectivity index (χ3v) is 5.59. The second-order valence-corrected chi connectivity index (χ2v) is 8.43. The monoisotopic (exact) mass is 311 g/mol. The zero-order chi connectivity index (χ0) is 15.5. The topological polar surface area (TPSA) is 46.2 Å². The van der Waals surface area contributed by atoms with Crippen molar-refractivity contribution in [3.63, 3.8) is 0 Å². The summed E-state index contributed by atoms with van der Waals surface area (Å²) < 4.78 is 28.3.